The molecule has 0 spiro atoms. The van der Waals surface area contributed by atoms with Gasteiger partial charge in [0.1, 0.15) is 5.82 Å². The third kappa shape index (κ3) is 3.19. The fourth-order valence-electron chi connectivity index (χ4n) is 2.16. The van der Waals surface area contributed by atoms with Gasteiger partial charge in [-0.05, 0) is 48.8 Å². The first kappa shape index (κ1) is 12.8. The normalized spacial score (nSPS) is 18.5. The Labute approximate surface area is 112 Å². The average Bonchev–Trinajstić information content (AvgIpc) is 2.29. The van der Waals surface area contributed by atoms with Crippen LogP contribution >= 0.6 is 15.9 Å². The predicted molar refractivity (Wildman–Crippen MR) is 75.5 cm³/mol. The Morgan fingerprint density at radius 2 is 1.76 bits per heavy atom. The second-order valence-electron chi connectivity index (χ2n) is 5.48. The van der Waals surface area contributed by atoms with E-state index in [1.807, 2.05) is 6.20 Å². The molecule has 0 aliphatic carbocycles. The number of hydrogen-bond donors (Lipinski definition) is 0. The molecule has 0 atom stereocenters. The van der Waals surface area contributed by atoms with Gasteiger partial charge in [0.15, 0.2) is 0 Å². The summed E-state index contributed by atoms with van der Waals surface area (Å²) in [4.78, 5) is 9.34. The van der Waals surface area contributed by atoms with Gasteiger partial charge in [0.05, 0.1) is 0 Å². The Morgan fingerprint density at radius 1 is 1.12 bits per heavy atom. The zero-order valence-corrected chi connectivity index (χ0v) is 12.4. The molecular formula is C13H20BrN3. The second-order valence-corrected chi connectivity index (χ2v) is 6.40. The van der Waals surface area contributed by atoms with Crippen molar-refractivity contribution in [3.05, 3.63) is 22.8 Å². The Morgan fingerprint density at radius 3 is 2.24 bits per heavy atom. The van der Waals surface area contributed by atoms with E-state index < -0.39 is 0 Å². The molecule has 4 heteroatoms. The van der Waals surface area contributed by atoms with Crippen molar-refractivity contribution in [2.75, 3.05) is 31.1 Å². The molecule has 0 bridgehead atoms. The maximum atomic E-state index is 4.45. The maximum Gasteiger partial charge on any atom is 0.128 e. The first-order valence-electron chi connectivity index (χ1n) is 6.08. The van der Waals surface area contributed by atoms with Gasteiger partial charge in [-0.2, -0.15) is 0 Å². The molecule has 17 heavy (non-hydrogen) atoms. The fourth-order valence-corrected chi connectivity index (χ4v) is 2.40. The Bertz CT molecular complexity index is 361. The van der Waals surface area contributed by atoms with E-state index in [-0.39, 0.29) is 5.54 Å². The molecule has 2 rings (SSSR count). The Kier molecular flexibility index (Phi) is 3.73. The topological polar surface area (TPSA) is 19.4 Å². The first-order valence-corrected chi connectivity index (χ1v) is 6.88. The zero-order chi connectivity index (χ0) is 12.5. The van der Waals surface area contributed by atoms with Crippen molar-refractivity contribution >= 4 is 21.7 Å². The Balaban J connectivity index is 1.97. The number of hydrogen-bond acceptors (Lipinski definition) is 3. The quantitative estimate of drug-likeness (QED) is 0.795. The molecular weight excluding hydrogens is 278 g/mol. The number of pyridine rings is 1. The summed E-state index contributed by atoms with van der Waals surface area (Å²) in [7, 11) is 0. The molecule has 0 radical (unpaired) electrons. The van der Waals surface area contributed by atoms with Crippen molar-refractivity contribution in [2.24, 2.45) is 0 Å². The van der Waals surface area contributed by atoms with Gasteiger partial charge >= 0.3 is 0 Å². The molecule has 1 aromatic heterocycles. The predicted octanol–water partition coefficient (Wildman–Crippen LogP) is 2.76. The highest BCUT2D eigenvalue weighted by Crippen LogP contribution is 2.20. The summed E-state index contributed by atoms with van der Waals surface area (Å²) < 4.78 is 1.04. The van der Waals surface area contributed by atoms with Crippen molar-refractivity contribution in [3.63, 3.8) is 0 Å². The molecule has 1 aliphatic rings. The number of piperazine rings is 1. The average molecular weight is 298 g/mol. The molecule has 1 saturated heterocycles. The van der Waals surface area contributed by atoms with Crippen LogP contribution in [-0.2, 0) is 0 Å². The van der Waals surface area contributed by atoms with Crippen molar-refractivity contribution in [1.82, 2.24) is 9.88 Å². The number of aromatic nitrogens is 1. The standard InChI is InChI=1S/C13H20BrN3/c1-13(2,3)17-8-6-16(7-9-17)12-5-4-11(14)10-15-12/h4-5,10H,6-9H2,1-3H3. The number of halogens is 1. The van der Waals surface area contributed by atoms with Crippen LogP contribution in [0.1, 0.15) is 20.8 Å². The van der Waals surface area contributed by atoms with E-state index in [1.165, 1.54) is 0 Å². The molecule has 3 nitrogen and oxygen atoms in total. The second kappa shape index (κ2) is 4.94. The van der Waals surface area contributed by atoms with Gasteiger partial charge in [-0.3, -0.25) is 4.90 Å². The minimum absolute atomic E-state index is 0.277. The van der Waals surface area contributed by atoms with Gasteiger partial charge in [0, 0.05) is 42.4 Å². The molecule has 2 heterocycles. The number of nitrogens with zero attached hydrogens (tertiary/aromatic N) is 3. The van der Waals surface area contributed by atoms with E-state index in [0.717, 1.165) is 36.5 Å². The van der Waals surface area contributed by atoms with Crippen LogP contribution in [0.5, 0.6) is 0 Å². The summed E-state index contributed by atoms with van der Waals surface area (Å²) in [5, 5.41) is 0. The van der Waals surface area contributed by atoms with Crippen LogP contribution in [0.2, 0.25) is 0 Å². The zero-order valence-electron chi connectivity index (χ0n) is 10.8. The molecule has 0 N–H and O–H groups in total. The van der Waals surface area contributed by atoms with Crippen molar-refractivity contribution in [3.8, 4) is 0 Å². The highest BCUT2D eigenvalue weighted by molar-refractivity contribution is 9.10. The van der Waals surface area contributed by atoms with Gasteiger partial charge in [0.25, 0.3) is 0 Å². The van der Waals surface area contributed by atoms with E-state index in [9.17, 15) is 0 Å². The summed E-state index contributed by atoms with van der Waals surface area (Å²) in [6.45, 7) is 11.2. The van der Waals surface area contributed by atoms with Gasteiger partial charge in [-0.1, -0.05) is 0 Å². The summed E-state index contributed by atoms with van der Waals surface area (Å²) >= 11 is 3.42. The van der Waals surface area contributed by atoms with Crippen LogP contribution in [0.25, 0.3) is 0 Å². The summed E-state index contributed by atoms with van der Waals surface area (Å²) in [6.07, 6.45) is 1.87. The van der Waals surface area contributed by atoms with Crippen LogP contribution in [0.3, 0.4) is 0 Å². The molecule has 0 aromatic carbocycles. The third-order valence-corrected chi connectivity index (χ3v) is 3.73. The lowest BCUT2D eigenvalue weighted by Crippen LogP contribution is -2.53. The van der Waals surface area contributed by atoms with Crippen LogP contribution in [0.15, 0.2) is 22.8 Å². The van der Waals surface area contributed by atoms with Gasteiger partial charge in [-0.25, -0.2) is 4.98 Å². The molecule has 1 aliphatic heterocycles. The van der Waals surface area contributed by atoms with Crippen LogP contribution < -0.4 is 4.90 Å². The molecule has 1 fully saturated rings. The van der Waals surface area contributed by atoms with Crippen LogP contribution in [0.4, 0.5) is 5.82 Å². The maximum absolute atomic E-state index is 4.45. The fraction of sp³-hybridized carbons (Fsp3) is 0.615. The lowest BCUT2D eigenvalue weighted by atomic mass is 10.1. The largest absolute Gasteiger partial charge is 0.354 e. The van der Waals surface area contributed by atoms with Crippen molar-refractivity contribution in [1.29, 1.82) is 0 Å². The van der Waals surface area contributed by atoms with E-state index in [1.54, 1.807) is 0 Å². The highest BCUT2D eigenvalue weighted by Gasteiger charge is 2.26. The highest BCUT2D eigenvalue weighted by atomic mass is 79.9. The number of rotatable bonds is 1. The van der Waals surface area contributed by atoms with E-state index in [4.69, 9.17) is 0 Å². The first-order chi connectivity index (χ1) is 7.97. The minimum Gasteiger partial charge on any atom is -0.354 e. The van der Waals surface area contributed by atoms with Gasteiger partial charge < -0.3 is 4.90 Å². The summed E-state index contributed by atoms with van der Waals surface area (Å²) in [5.41, 5.74) is 0.277. The molecule has 0 amide bonds. The van der Waals surface area contributed by atoms with Crippen LogP contribution in [-0.4, -0.2) is 41.6 Å². The summed E-state index contributed by atoms with van der Waals surface area (Å²) in [5.74, 6) is 1.08. The van der Waals surface area contributed by atoms with Crippen molar-refractivity contribution in [2.45, 2.75) is 26.3 Å². The van der Waals surface area contributed by atoms with Gasteiger partial charge in [-0.15, -0.1) is 0 Å². The van der Waals surface area contributed by atoms with E-state index >= 15 is 0 Å². The molecule has 0 unspecified atom stereocenters. The minimum atomic E-state index is 0.277. The molecule has 1 aromatic rings. The van der Waals surface area contributed by atoms with Crippen LogP contribution in [0, 0.1) is 0 Å². The lowest BCUT2D eigenvalue weighted by Gasteiger charge is -2.42. The molecule has 94 valence electrons. The smallest absolute Gasteiger partial charge is 0.128 e. The number of anilines is 1. The molecule has 0 saturated carbocycles. The van der Waals surface area contributed by atoms with E-state index in [0.29, 0.717) is 0 Å². The lowest BCUT2D eigenvalue weighted by molar-refractivity contribution is 0.128. The van der Waals surface area contributed by atoms with Crippen molar-refractivity contribution < 1.29 is 0 Å². The Hall–Kier alpha value is -0.610. The van der Waals surface area contributed by atoms with Gasteiger partial charge in [0.2, 0.25) is 0 Å². The summed E-state index contributed by atoms with van der Waals surface area (Å²) in [6, 6.07) is 4.13. The SMILES string of the molecule is CC(C)(C)N1CCN(c2ccc(Br)cn2)CC1. The van der Waals surface area contributed by atoms with E-state index in [2.05, 4.69) is 63.6 Å². The monoisotopic (exact) mass is 297 g/mol. The third-order valence-electron chi connectivity index (χ3n) is 3.26.